The van der Waals surface area contributed by atoms with Gasteiger partial charge in [0.25, 0.3) is 0 Å². The lowest BCUT2D eigenvalue weighted by Crippen LogP contribution is -2.12. The molecule has 1 aromatic heterocycles. The average Bonchev–Trinajstić information content (AvgIpc) is 2.61. The van der Waals surface area contributed by atoms with Gasteiger partial charge in [-0.3, -0.25) is 4.79 Å². The Morgan fingerprint density at radius 3 is 2.35 bits per heavy atom. The fourth-order valence-electron chi connectivity index (χ4n) is 1.22. The van der Waals surface area contributed by atoms with Crippen molar-refractivity contribution in [2.24, 2.45) is 0 Å². The van der Waals surface area contributed by atoms with Gasteiger partial charge in [-0.15, -0.1) is 11.3 Å². The van der Waals surface area contributed by atoms with Gasteiger partial charge < -0.3 is 4.74 Å². The summed E-state index contributed by atoms with van der Waals surface area (Å²) in [5.74, 6) is -0.675. The fourth-order valence-corrected chi connectivity index (χ4v) is 2.22. The van der Waals surface area contributed by atoms with E-state index in [4.69, 9.17) is 4.74 Å². The summed E-state index contributed by atoms with van der Waals surface area (Å²) in [6.07, 6.45) is 0. The smallest absolute Gasteiger partial charge is 0.358 e. The molecule has 0 radical (unpaired) electrons. The van der Waals surface area contributed by atoms with E-state index in [1.165, 1.54) is 18.3 Å². The monoisotopic (exact) mass is 255 g/mol. The molecule has 0 saturated heterocycles. The third kappa shape index (κ3) is 3.12. The highest BCUT2D eigenvalue weighted by molar-refractivity contribution is 7.14. The SMILES string of the molecule is CCOC(=O)c1nc(C(C)(C)C)sc1C(C)=O. The molecule has 0 fully saturated rings. The minimum Gasteiger partial charge on any atom is -0.461 e. The first-order valence-corrected chi connectivity index (χ1v) is 6.28. The number of ketones is 1. The van der Waals surface area contributed by atoms with Crippen molar-refractivity contribution in [1.82, 2.24) is 4.98 Å². The lowest BCUT2D eigenvalue weighted by atomic mass is 9.98. The maximum absolute atomic E-state index is 11.7. The van der Waals surface area contributed by atoms with Gasteiger partial charge in [0.15, 0.2) is 11.5 Å². The van der Waals surface area contributed by atoms with Crippen molar-refractivity contribution in [3.63, 3.8) is 0 Å². The van der Waals surface area contributed by atoms with Gasteiger partial charge in [-0.2, -0.15) is 0 Å². The Kier molecular flexibility index (Phi) is 4.03. The van der Waals surface area contributed by atoms with Gasteiger partial charge in [0.05, 0.1) is 11.6 Å². The summed E-state index contributed by atoms with van der Waals surface area (Å²) >= 11 is 1.27. The van der Waals surface area contributed by atoms with E-state index in [1.807, 2.05) is 20.8 Å². The van der Waals surface area contributed by atoms with Crippen molar-refractivity contribution in [3.8, 4) is 0 Å². The van der Waals surface area contributed by atoms with Crippen LogP contribution in [0.4, 0.5) is 0 Å². The average molecular weight is 255 g/mol. The summed E-state index contributed by atoms with van der Waals surface area (Å²) in [7, 11) is 0. The number of nitrogens with zero attached hydrogens (tertiary/aromatic N) is 1. The molecule has 0 unspecified atom stereocenters. The van der Waals surface area contributed by atoms with Crippen LogP contribution >= 0.6 is 11.3 Å². The molecule has 0 N–H and O–H groups in total. The molecule has 1 rings (SSSR count). The second-order valence-electron chi connectivity index (χ2n) is 4.72. The molecule has 1 heterocycles. The lowest BCUT2D eigenvalue weighted by Gasteiger charge is -2.13. The Labute approximate surface area is 105 Å². The quantitative estimate of drug-likeness (QED) is 0.615. The lowest BCUT2D eigenvalue weighted by molar-refractivity contribution is 0.0517. The summed E-state index contributed by atoms with van der Waals surface area (Å²) < 4.78 is 4.90. The van der Waals surface area contributed by atoms with Crippen LogP contribution in [0.2, 0.25) is 0 Å². The highest BCUT2D eigenvalue weighted by atomic mass is 32.1. The molecular weight excluding hydrogens is 238 g/mol. The Morgan fingerprint density at radius 2 is 1.94 bits per heavy atom. The zero-order valence-corrected chi connectivity index (χ0v) is 11.6. The zero-order valence-electron chi connectivity index (χ0n) is 10.8. The molecular formula is C12H17NO3S. The third-order valence-corrected chi connectivity index (χ3v) is 3.64. The number of Topliss-reactive ketones (excluding diaryl/α,β-unsaturated/α-hetero) is 1. The Bertz CT molecular complexity index is 443. The first kappa shape index (κ1) is 13.8. The van der Waals surface area contributed by atoms with E-state index in [9.17, 15) is 9.59 Å². The third-order valence-electron chi connectivity index (χ3n) is 2.06. The Morgan fingerprint density at radius 1 is 1.35 bits per heavy atom. The first-order chi connectivity index (χ1) is 7.77. The normalized spacial score (nSPS) is 11.4. The van der Waals surface area contributed by atoms with E-state index >= 15 is 0 Å². The number of hydrogen-bond donors (Lipinski definition) is 0. The Hall–Kier alpha value is -1.23. The van der Waals surface area contributed by atoms with E-state index in [-0.39, 0.29) is 23.5 Å². The molecule has 0 atom stereocenters. The number of carbonyl (C=O) groups excluding carboxylic acids is 2. The van der Waals surface area contributed by atoms with E-state index in [2.05, 4.69) is 4.98 Å². The molecule has 0 saturated carbocycles. The number of thiazole rings is 1. The molecule has 4 nitrogen and oxygen atoms in total. The van der Waals surface area contributed by atoms with E-state index < -0.39 is 5.97 Å². The van der Waals surface area contributed by atoms with E-state index in [0.717, 1.165) is 5.01 Å². The van der Waals surface area contributed by atoms with Crippen LogP contribution in [-0.4, -0.2) is 23.3 Å². The van der Waals surface area contributed by atoms with Gasteiger partial charge in [0.1, 0.15) is 4.88 Å². The fraction of sp³-hybridized carbons (Fsp3) is 0.583. The molecule has 0 aliphatic heterocycles. The van der Waals surface area contributed by atoms with Crippen LogP contribution in [0.25, 0.3) is 0 Å². The second kappa shape index (κ2) is 4.96. The molecule has 0 bridgehead atoms. The van der Waals surface area contributed by atoms with E-state index in [0.29, 0.717) is 4.88 Å². The van der Waals surface area contributed by atoms with Gasteiger partial charge >= 0.3 is 5.97 Å². The van der Waals surface area contributed by atoms with Crippen molar-refractivity contribution >= 4 is 23.1 Å². The topological polar surface area (TPSA) is 56.3 Å². The van der Waals surface area contributed by atoms with Gasteiger partial charge in [0.2, 0.25) is 0 Å². The highest BCUT2D eigenvalue weighted by Gasteiger charge is 2.27. The standard InChI is InChI=1S/C12H17NO3S/c1-6-16-10(15)8-9(7(2)14)17-11(13-8)12(3,4)5/h6H2,1-5H3. The van der Waals surface area contributed by atoms with Crippen molar-refractivity contribution in [2.45, 2.75) is 40.0 Å². The second-order valence-corrected chi connectivity index (χ2v) is 5.72. The van der Waals surface area contributed by atoms with Crippen molar-refractivity contribution in [1.29, 1.82) is 0 Å². The molecule has 94 valence electrons. The maximum atomic E-state index is 11.7. The molecule has 0 amide bonds. The Balaban J connectivity index is 3.24. The summed E-state index contributed by atoms with van der Waals surface area (Å²) in [6.45, 7) is 9.41. The zero-order chi connectivity index (χ0) is 13.2. The number of hydrogen-bond acceptors (Lipinski definition) is 5. The number of aromatic nitrogens is 1. The van der Waals surface area contributed by atoms with Crippen LogP contribution in [0.1, 0.15) is 59.8 Å². The van der Waals surface area contributed by atoms with Crippen molar-refractivity contribution in [3.05, 3.63) is 15.6 Å². The number of esters is 1. The first-order valence-electron chi connectivity index (χ1n) is 5.46. The molecule has 17 heavy (non-hydrogen) atoms. The number of carbonyl (C=O) groups is 2. The molecule has 0 spiro atoms. The molecule has 1 aromatic rings. The minimum absolute atomic E-state index is 0.147. The molecule has 0 aromatic carbocycles. The summed E-state index contributed by atoms with van der Waals surface area (Å²) in [4.78, 5) is 27.8. The summed E-state index contributed by atoms with van der Waals surface area (Å²) in [6, 6.07) is 0. The number of rotatable bonds is 3. The van der Waals surface area contributed by atoms with Crippen LogP contribution in [0.15, 0.2) is 0 Å². The number of ether oxygens (including phenoxy) is 1. The summed E-state index contributed by atoms with van der Waals surface area (Å²) in [5.41, 5.74) is -0.0335. The van der Waals surface area contributed by atoms with Crippen LogP contribution < -0.4 is 0 Å². The van der Waals surface area contributed by atoms with Gasteiger partial charge in [-0.25, -0.2) is 9.78 Å². The van der Waals surface area contributed by atoms with E-state index in [1.54, 1.807) is 6.92 Å². The van der Waals surface area contributed by atoms with Gasteiger partial charge in [-0.05, 0) is 6.92 Å². The van der Waals surface area contributed by atoms with Gasteiger partial charge in [-0.1, -0.05) is 20.8 Å². The highest BCUT2D eigenvalue weighted by Crippen LogP contribution is 2.30. The van der Waals surface area contributed by atoms with Crippen molar-refractivity contribution < 1.29 is 14.3 Å². The van der Waals surface area contributed by atoms with Gasteiger partial charge in [0, 0.05) is 12.3 Å². The molecule has 0 aliphatic carbocycles. The summed E-state index contributed by atoms with van der Waals surface area (Å²) in [5, 5.41) is 0.769. The van der Waals surface area contributed by atoms with Crippen LogP contribution in [-0.2, 0) is 10.2 Å². The minimum atomic E-state index is -0.524. The molecule has 0 aliphatic rings. The van der Waals surface area contributed by atoms with Crippen LogP contribution in [0.5, 0.6) is 0 Å². The van der Waals surface area contributed by atoms with Crippen LogP contribution in [0, 0.1) is 0 Å². The predicted octanol–water partition coefficient (Wildman–Crippen LogP) is 2.82. The molecule has 5 heteroatoms. The van der Waals surface area contributed by atoms with Crippen LogP contribution in [0.3, 0.4) is 0 Å². The maximum Gasteiger partial charge on any atom is 0.358 e. The predicted molar refractivity (Wildman–Crippen MR) is 66.8 cm³/mol. The largest absolute Gasteiger partial charge is 0.461 e. The van der Waals surface area contributed by atoms with Crippen molar-refractivity contribution in [2.75, 3.05) is 6.61 Å².